The van der Waals surface area contributed by atoms with Gasteiger partial charge in [0, 0.05) is 29.4 Å². The second kappa shape index (κ2) is 7.43. The lowest BCUT2D eigenvalue weighted by molar-refractivity contribution is -0.121. The summed E-state index contributed by atoms with van der Waals surface area (Å²) in [6, 6.07) is 4.41. The number of rotatable bonds is 5. The van der Waals surface area contributed by atoms with Gasteiger partial charge in [0.05, 0.1) is 18.2 Å². The van der Waals surface area contributed by atoms with Crippen LogP contribution in [0.3, 0.4) is 0 Å². The third-order valence-electron chi connectivity index (χ3n) is 3.46. The van der Waals surface area contributed by atoms with Gasteiger partial charge in [-0.25, -0.2) is 23.7 Å². The monoisotopic (exact) mass is 360 g/mol. The molecule has 0 bridgehead atoms. The van der Waals surface area contributed by atoms with Gasteiger partial charge < -0.3 is 5.32 Å². The van der Waals surface area contributed by atoms with Crippen LogP contribution < -0.4 is 5.32 Å². The first-order chi connectivity index (χ1) is 12.0. The highest BCUT2D eigenvalue weighted by atomic mass is 32.1. The summed E-state index contributed by atoms with van der Waals surface area (Å²) < 4.78 is 26.7. The van der Waals surface area contributed by atoms with Crippen LogP contribution in [-0.2, 0) is 11.2 Å². The molecule has 3 aromatic rings. The average molecular weight is 360 g/mol. The molecule has 2 aromatic heterocycles. The fraction of sp³-hybridized carbons (Fsp3) is 0.176. The van der Waals surface area contributed by atoms with Crippen LogP contribution in [-0.4, -0.2) is 20.9 Å². The highest BCUT2D eigenvalue weighted by Gasteiger charge is 2.16. The van der Waals surface area contributed by atoms with Gasteiger partial charge in [0.2, 0.25) is 5.91 Å². The Kier molecular flexibility index (Phi) is 5.08. The number of nitrogens with zero attached hydrogens (tertiary/aromatic N) is 3. The van der Waals surface area contributed by atoms with E-state index in [4.69, 9.17) is 0 Å². The Labute approximate surface area is 146 Å². The van der Waals surface area contributed by atoms with Crippen molar-refractivity contribution in [3.63, 3.8) is 0 Å². The number of amides is 1. The molecule has 0 spiro atoms. The van der Waals surface area contributed by atoms with Crippen LogP contribution in [0, 0.1) is 11.6 Å². The molecule has 2 heterocycles. The Morgan fingerprint density at radius 2 is 2.04 bits per heavy atom. The molecule has 1 N–H and O–H groups in total. The number of aromatic nitrogens is 3. The zero-order valence-electron chi connectivity index (χ0n) is 13.2. The van der Waals surface area contributed by atoms with E-state index in [1.807, 2.05) is 0 Å². The van der Waals surface area contributed by atoms with Crippen LogP contribution in [0.15, 0.2) is 42.0 Å². The molecule has 3 rings (SSSR count). The maximum Gasteiger partial charge on any atom is 0.226 e. The van der Waals surface area contributed by atoms with Crippen molar-refractivity contribution in [3.8, 4) is 10.8 Å². The topological polar surface area (TPSA) is 67.8 Å². The summed E-state index contributed by atoms with van der Waals surface area (Å²) in [5.41, 5.74) is 0.808. The summed E-state index contributed by atoms with van der Waals surface area (Å²) in [4.78, 5) is 24.7. The maximum atomic E-state index is 13.8. The van der Waals surface area contributed by atoms with Gasteiger partial charge in [-0.2, -0.15) is 0 Å². The molecule has 0 radical (unpaired) electrons. The van der Waals surface area contributed by atoms with Crippen molar-refractivity contribution >= 4 is 17.2 Å². The molecule has 0 aliphatic carbocycles. The number of nitrogens with one attached hydrogen (secondary N) is 1. The molecule has 0 fully saturated rings. The second-order valence-electron chi connectivity index (χ2n) is 5.35. The van der Waals surface area contributed by atoms with Crippen molar-refractivity contribution in [2.75, 3.05) is 0 Å². The Morgan fingerprint density at radius 3 is 2.76 bits per heavy atom. The summed E-state index contributed by atoms with van der Waals surface area (Å²) in [5, 5.41) is 5.07. The van der Waals surface area contributed by atoms with E-state index < -0.39 is 17.7 Å². The number of thiazole rings is 1. The fourth-order valence-electron chi connectivity index (χ4n) is 2.29. The molecule has 25 heavy (non-hydrogen) atoms. The number of halogens is 2. The molecule has 0 saturated carbocycles. The summed E-state index contributed by atoms with van der Waals surface area (Å²) in [6.07, 6.45) is 3.29. The summed E-state index contributed by atoms with van der Waals surface area (Å²) in [5.74, 6) is -1.15. The average Bonchev–Trinajstić information content (AvgIpc) is 3.03. The van der Waals surface area contributed by atoms with E-state index in [2.05, 4.69) is 20.3 Å². The van der Waals surface area contributed by atoms with Gasteiger partial charge in [0.1, 0.15) is 11.6 Å². The van der Waals surface area contributed by atoms with Crippen molar-refractivity contribution in [1.82, 2.24) is 20.3 Å². The van der Waals surface area contributed by atoms with Gasteiger partial charge in [-0.3, -0.25) is 4.79 Å². The lowest BCUT2D eigenvalue weighted by Gasteiger charge is -2.14. The van der Waals surface area contributed by atoms with Crippen LogP contribution in [0.1, 0.15) is 24.2 Å². The molecule has 1 aromatic carbocycles. The first-order valence-corrected chi connectivity index (χ1v) is 8.37. The third kappa shape index (κ3) is 4.21. The predicted molar refractivity (Wildman–Crippen MR) is 89.8 cm³/mol. The van der Waals surface area contributed by atoms with E-state index in [9.17, 15) is 13.6 Å². The largest absolute Gasteiger partial charge is 0.349 e. The zero-order valence-corrected chi connectivity index (χ0v) is 14.1. The van der Waals surface area contributed by atoms with Crippen molar-refractivity contribution in [3.05, 3.63) is 64.9 Å². The van der Waals surface area contributed by atoms with Gasteiger partial charge in [-0.05, 0) is 19.1 Å². The molecule has 1 atom stereocenters. The molecule has 0 saturated heterocycles. The Hall–Kier alpha value is -2.74. The van der Waals surface area contributed by atoms with Crippen LogP contribution in [0.5, 0.6) is 0 Å². The Bertz CT molecular complexity index is 885. The number of hydrogen-bond donors (Lipinski definition) is 1. The van der Waals surface area contributed by atoms with E-state index in [0.29, 0.717) is 16.5 Å². The smallest absolute Gasteiger partial charge is 0.226 e. The molecule has 0 aliphatic rings. The van der Waals surface area contributed by atoms with Crippen LogP contribution >= 0.6 is 11.3 Å². The molecule has 0 aliphatic heterocycles. The lowest BCUT2D eigenvalue weighted by Crippen LogP contribution is -2.28. The summed E-state index contributed by atoms with van der Waals surface area (Å²) in [6.45, 7) is 1.64. The van der Waals surface area contributed by atoms with E-state index >= 15 is 0 Å². The van der Waals surface area contributed by atoms with Crippen molar-refractivity contribution in [2.45, 2.75) is 19.4 Å². The molecule has 5 nitrogen and oxygen atoms in total. The number of hydrogen-bond acceptors (Lipinski definition) is 5. The van der Waals surface area contributed by atoms with Gasteiger partial charge >= 0.3 is 0 Å². The minimum Gasteiger partial charge on any atom is -0.349 e. The molecule has 8 heteroatoms. The standard InChI is InChI=1S/C17H14F2N4OS/c1-10(13-4-3-11(18)7-14(13)19)22-15(24)8-12-9-25-17(23-12)16-20-5-2-6-21-16/h2-7,9-10H,8H2,1H3,(H,22,24)/t10-/m1/s1. The van der Waals surface area contributed by atoms with E-state index in [1.165, 1.54) is 17.4 Å². The third-order valence-corrected chi connectivity index (χ3v) is 4.34. The van der Waals surface area contributed by atoms with Gasteiger partial charge in [0.25, 0.3) is 0 Å². The van der Waals surface area contributed by atoms with Crippen molar-refractivity contribution < 1.29 is 13.6 Å². The molecular formula is C17H14F2N4OS. The van der Waals surface area contributed by atoms with E-state index in [0.717, 1.165) is 12.1 Å². The first-order valence-electron chi connectivity index (χ1n) is 7.49. The number of carbonyl (C=O) groups excluding carboxylic acids is 1. The first kappa shape index (κ1) is 17.1. The highest BCUT2D eigenvalue weighted by molar-refractivity contribution is 7.13. The summed E-state index contributed by atoms with van der Waals surface area (Å²) in [7, 11) is 0. The zero-order chi connectivity index (χ0) is 17.8. The SMILES string of the molecule is C[C@@H](NC(=O)Cc1csc(-c2ncccn2)n1)c1ccc(F)cc1F. The van der Waals surface area contributed by atoms with Crippen molar-refractivity contribution in [1.29, 1.82) is 0 Å². The van der Waals surface area contributed by atoms with Gasteiger partial charge in [-0.1, -0.05) is 6.07 Å². The Balaban J connectivity index is 1.64. The van der Waals surface area contributed by atoms with Crippen LogP contribution in [0.25, 0.3) is 10.8 Å². The van der Waals surface area contributed by atoms with Gasteiger partial charge in [-0.15, -0.1) is 11.3 Å². The van der Waals surface area contributed by atoms with E-state index in [-0.39, 0.29) is 17.9 Å². The van der Waals surface area contributed by atoms with Crippen LogP contribution in [0.4, 0.5) is 8.78 Å². The highest BCUT2D eigenvalue weighted by Crippen LogP contribution is 2.21. The molecular weight excluding hydrogens is 346 g/mol. The van der Waals surface area contributed by atoms with Crippen molar-refractivity contribution in [2.24, 2.45) is 0 Å². The lowest BCUT2D eigenvalue weighted by atomic mass is 10.1. The summed E-state index contributed by atoms with van der Waals surface area (Å²) >= 11 is 1.35. The molecule has 0 unspecified atom stereocenters. The Morgan fingerprint density at radius 1 is 1.28 bits per heavy atom. The quantitative estimate of drug-likeness (QED) is 0.758. The van der Waals surface area contributed by atoms with Gasteiger partial charge in [0.15, 0.2) is 10.8 Å². The predicted octanol–water partition coefficient (Wildman–Crippen LogP) is 3.30. The number of carbonyl (C=O) groups is 1. The van der Waals surface area contributed by atoms with Crippen LogP contribution in [0.2, 0.25) is 0 Å². The molecule has 1 amide bonds. The fourth-order valence-corrected chi connectivity index (χ4v) is 3.05. The molecule has 128 valence electrons. The number of benzene rings is 1. The minimum atomic E-state index is -0.690. The second-order valence-corrected chi connectivity index (χ2v) is 6.21. The maximum absolute atomic E-state index is 13.8. The van der Waals surface area contributed by atoms with E-state index in [1.54, 1.807) is 30.8 Å². The minimum absolute atomic E-state index is 0.0521. The normalized spacial score (nSPS) is 12.0.